The summed E-state index contributed by atoms with van der Waals surface area (Å²) in [6.07, 6.45) is 3.85. The van der Waals surface area contributed by atoms with Crippen molar-refractivity contribution in [3.05, 3.63) is 29.0 Å². The molecule has 86 valence electrons. The lowest BCUT2D eigenvalue weighted by Crippen LogP contribution is -2.08. The van der Waals surface area contributed by atoms with Crippen LogP contribution in [0.25, 0.3) is 10.8 Å². The van der Waals surface area contributed by atoms with E-state index >= 15 is 0 Å². The molecule has 0 atom stereocenters. The molecule has 2 rings (SSSR count). The van der Waals surface area contributed by atoms with E-state index in [0.717, 1.165) is 35.9 Å². The highest BCUT2D eigenvalue weighted by atomic mass is 32.1. The van der Waals surface area contributed by atoms with Crippen molar-refractivity contribution in [1.29, 1.82) is 0 Å². The van der Waals surface area contributed by atoms with Crippen molar-refractivity contribution < 1.29 is 4.42 Å². The van der Waals surface area contributed by atoms with Crippen LogP contribution in [0.15, 0.2) is 22.7 Å². The third-order valence-corrected chi connectivity index (χ3v) is 3.34. The summed E-state index contributed by atoms with van der Waals surface area (Å²) in [4.78, 5) is 6.69. The van der Waals surface area contributed by atoms with Gasteiger partial charge in [-0.2, -0.15) is 0 Å². The Morgan fingerprint density at radius 1 is 1.44 bits per heavy atom. The Morgan fingerprint density at radius 3 is 3.00 bits per heavy atom. The van der Waals surface area contributed by atoms with Crippen molar-refractivity contribution in [3.8, 4) is 10.8 Å². The van der Waals surface area contributed by atoms with Gasteiger partial charge in [0.25, 0.3) is 0 Å². The van der Waals surface area contributed by atoms with Crippen LogP contribution in [0.2, 0.25) is 0 Å². The Balaban J connectivity index is 2.02. The molecule has 2 aromatic heterocycles. The topological polar surface area (TPSA) is 38.1 Å². The van der Waals surface area contributed by atoms with E-state index in [0.29, 0.717) is 0 Å². The predicted octanol–water partition coefficient (Wildman–Crippen LogP) is 2.86. The molecule has 3 nitrogen and oxygen atoms in total. The lowest BCUT2D eigenvalue weighted by atomic mass is 10.3. The van der Waals surface area contributed by atoms with Gasteiger partial charge in [-0.05, 0) is 39.1 Å². The summed E-state index contributed by atoms with van der Waals surface area (Å²) in [6.45, 7) is 3.10. The van der Waals surface area contributed by atoms with Crippen molar-refractivity contribution in [2.24, 2.45) is 0 Å². The minimum Gasteiger partial charge on any atom is -0.440 e. The Bertz CT molecular complexity index is 447. The first-order valence-electron chi connectivity index (χ1n) is 5.45. The van der Waals surface area contributed by atoms with Crippen LogP contribution in [-0.2, 0) is 6.42 Å². The molecule has 0 aromatic carbocycles. The first kappa shape index (κ1) is 11.4. The number of oxazole rings is 1. The second-order valence-electron chi connectivity index (χ2n) is 3.75. The van der Waals surface area contributed by atoms with Crippen molar-refractivity contribution >= 4 is 11.3 Å². The lowest BCUT2D eigenvalue weighted by Gasteiger charge is -1.95. The van der Waals surface area contributed by atoms with E-state index in [1.807, 2.05) is 13.2 Å². The third-order valence-electron chi connectivity index (χ3n) is 2.35. The third kappa shape index (κ3) is 2.71. The number of aromatic nitrogens is 1. The van der Waals surface area contributed by atoms with Gasteiger partial charge >= 0.3 is 0 Å². The summed E-state index contributed by atoms with van der Waals surface area (Å²) in [5.41, 5.74) is 0. The second-order valence-corrected chi connectivity index (χ2v) is 5.04. The van der Waals surface area contributed by atoms with Gasteiger partial charge in [0.15, 0.2) is 0 Å². The van der Waals surface area contributed by atoms with Crippen LogP contribution in [0.4, 0.5) is 0 Å². The maximum absolute atomic E-state index is 5.70. The van der Waals surface area contributed by atoms with Crippen molar-refractivity contribution in [2.45, 2.75) is 19.8 Å². The Morgan fingerprint density at radius 2 is 2.31 bits per heavy atom. The van der Waals surface area contributed by atoms with Gasteiger partial charge < -0.3 is 9.73 Å². The summed E-state index contributed by atoms with van der Waals surface area (Å²) >= 11 is 1.71. The van der Waals surface area contributed by atoms with Gasteiger partial charge in [0.2, 0.25) is 5.89 Å². The maximum atomic E-state index is 5.70. The van der Waals surface area contributed by atoms with Crippen molar-refractivity contribution in [3.63, 3.8) is 0 Å². The summed E-state index contributed by atoms with van der Waals surface area (Å²) < 4.78 is 5.70. The van der Waals surface area contributed by atoms with E-state index in [2.05, 4.69) is 29.4 Å². The first-order valence-corrected chi connectivity index (χ1v) is 6.27. The Hall–Kier alpha value is -1.13. The van der Waals surface area contributed by atoms with Gasteiger partial charge in [-0.25, -0.2) is 4.98 Å². The van der Waals surface area contributed by atoms with Gasteiger partial charge in [0.1, 0.15) is 5.76 Å². The van der Waals surface area contributed by atoms with Gasteiger partial charge in [-0.1, -0.05) is 0 Å². The number of nitrogens with one attached hydrogen (secondary N) is 1. The summed E-state index contributed by atoms with van der Waals surface area (Å²) in [5.74, 6) is 1.72. The minimum absolute atomic E-state index is 0.748. The molecule has 2 aromatic rings. The molecule has 1 N–H and O–H groups in total. The molecule has 2 heterocycles. The smallest absolute Gasteiger partial charge is 0.236 e. The molecule has 0 aliphatic carbocycles. The summed E-state index contributed by atoms with van der Waals surface area (Å²) in [7, 11) is 1.96. The van der Waals surface area contributed by atoms with Gasteiger partial charge in [-0.3, -0.25) is 0 Å². The predicted molar refractivity (Wildman–Crippen MR) is 66.8 cm³/mol. The first-order chi connectivity index (χ1) is 7.79. The largest absolute Gasteiger partial charge is 0.440 e. The molecule has 0 aliphatic rings. The number of hydrogen-bond acceptors (Lipinski definition) is 4. The summed E-state index contributed by atoms with van der Waals surface area (Å²) in [5, 5.41) is 3.12. The SMILES string of the molecule is CNCCCc1cnc(-c2ccc(C)s2)o1. The Labute approximate surface area is 99.5 Å². The van der Waals surface area contributed by atoms with E-state index in [1.54, 1.807) is 11.3 Å². The van der Waals surface area contributed by atoms with E-state index < -0.39 is 0 Å². The van der Waals surface area contributed by atoms with Crippen LogP contribution in [0.3, 0.4) is 0 Å². The molecular weight excluding hydrogens is 220 g/mol. The van der Waals surface area contributed by atoms with Crippen LogP contribution >= 0.6 is 11.3 Å². The second kappa shape index (κ2) is 5.27. The average molecular weight is 236 g/mol. The number of hydrogen-bond donors (Lipinski definition) is 1. The van der Waals surface area contributed by atoms with E-state index in [9.17, 15) is 0 Å². The monoisotopic (exact) mass is 236 g/mol. The number of aryl methyl sites for hydroxylation is 2. The molecule has 0 amide bonds. The Kier molecular flexibility index (Phi) is 3.74. The lowest BCUT2D eigenvalue weighted by molar-refractivity contribution is 0.508. The molecule has 0 unspecified atom stereocenters. The van der Waals surface area contributed by atoms with Gasteiger partial charge in [0.05, 0.1) is 11.1 Å². The van der Waals surface area contributed by atoms with Crippen molar-refractivity contribution in [2.75, 3.05) is 13.6 Å². The zero-order valence-electron chi connectivity index (χ0n) is 9.62. The minimum atomic E-state index is 0.748. The molecule has 4 heteroatoms. The highest BCUT2D eigenvalue weighted by molar-refractivity contribution is 7.15. The quantitative estimate of drug-likeness (QED) is 0.811. The van der Waals surface area contributed by atoms with Crippen LogP contribution in [0, 0.1) is 6.92 Å². The molecular formula is C12H16N2OS. The van der Waals surface area contributed by atoms with Gasteiger partial charge in [0, 0.05) is 11.3 Å². The number of rotatable bonds is 5. The van der Waals surface area contributed by atoms with Crippen LogP contribution in [0.1, 0.15) is 17.1 Å². The highest BCUT2D eigenvalue weighted by Crippen LogP contribution is 2.27. The standard InChI is InChI=1S/C12H16N2OS/c1-9-5-6-11(16-9)12-14-8-10(15-12)4-3-7-13-2/h5-6,8,13H,3-4,7H2,1-2H3. The van der Waals surface area contributed by atoms with Crippen LogP contribution in [0.5, 0.6) is 0 Å². The van der Waals surface area contributed by atoms with E-state index in [4.69, 9.17) is 4.42 Å². The zero-order valence-corrected chi connectivity index (χ0v) is 10.4. The van der Waals surface area contributed by atoms with E-state index in [-0.39, 0.29) is 0 Å². The highest BCUT2D eigenvalue weighted by Gasteiger charge is 2.08. The molecule has 0 bridgehead atoms. The average Bonchev–Trinajstić information content (AvgIpc) is 2.87. The molecule has 0 saturated heterocycles. The zero-order chi connectivity index (χ0) is 11.4. The maximum Gasteiger partial charge on any atom is 0.236 e. The van der Waals surface area contributed by atoms with E-state index in [1.165, 1.54) is 4.88 Å². The molecule has 0 radical (unpaired) electrons. The van der Waals surface area contributed by atoms with Crippen LogP contribution in [-0.4, -0.2) is 18.6 Å². The number of nitrogens with zero attached hydrogens (tertiary/aromatic N) is 1. The van der Waals surface area contributed by atoms with Crippen LogP contribution < -0.4 is 5.32 Å². The fourth-order valence-corrected chi connectivity index (χ4v) is 2.33. The van der Waals surface area contributed by atoms with Gasteiger partial charge in [-0.15, -0.1) is 11.3 Å². The molecule has 0 spiro atoms. The fourth-order valence-electron chi connectivity index (χ4n) is 1.53. The van der Waals surface area contributed by atoms with Crippen molar-refractivity contribution in [1.82, 2.24) is 10.3 Å². The number of thiophene rings is 1. The molecule has 0 saturated carbocycles. The molecule has 0 aliphatic heterocycles. The molecule has 16 heavy (non-hydrogen) atoms. The fraction of sp³-hybridized carbons (Fsp3) is 0.417. The molecule has 0 fully saturated rings. The summed E-state index contributed by atoms with van der Waals surface area (Å²) in [6, 6.07) is 4.15. The normalized spacial score (nSPS) is 10.9.